The molecule has 3 heterocycles. The Hall–Kier alpha value is -3.92. The highest BCUT2D eigenvalue weighted by Gasteiger charge is 2.34. The lowest BCUT2D eigenvalue weighted by Gasteiger charge is -2.36. The molecule has 2 fully saturated rings. The molecule has 43 heavy (non-hydrogen) atoms. The smallest absolute Gasteiger partial charge is 0.166 e. The van der Waals surface area contributed by atoms with Crippen molar-refractivity contribution in [2.75, 3.05) is 50.7 Å². The van der Waals surface area contributed by atoms with E-state index in [2.05, 4.69) is 80.5 Å². The second-order valence-electron chi connectivity index (χ2n) is 12.8. The van der Waals surface area contributed by atoms with Crippen molar-refractivity contribution >= 4 is 22.4 Å². The normalized spacial score (nSPS) is 20.0. The van der Waals surface area contributed by atoms with Gasteiger partial charge in [0.2, 0.25) is 0 Å². The maximum atomic E-state index is 13.3. The zero-order valence-electron chi connectivity index (χ0n) is 25.0. The number of fused-ring (bicyclic) bond motifs is 2. The fraction of sp³-hybridized carbons (Fsp3) is 0.405. The largest absolute Gasteiger partial charge is 0.369 e. The molecule has 2 saturated heterocycles. The number of benzene rings is 3. The van der Waals surface area contributed by atoms with Gasteiger partial charge in [0.05, 0.1) is 11.6 Å². The van der Waals surface area contributed by atoms with Crippen LogP contribution in [0, 0.1) is 23.2 Å². The van der Waals surface area contributed by atoms with E-state index >= 15 is 0 Å². The summed E-state index contributed by atoms with van der Waals surface area (Å²) >= 11 is 0. The third-order valence-corrected chi connectivity index (χ3v) is 10.1. The van der Waals surface area contributed by atoms with E-state index in [0.717, 1.165) is 88.1 Å². The highest BCUT2D eigenvalue weighted by Crippen LogP contribution is 2.36. The minimum Gasteiger partial charge on any atom is -0.369 e. The number of hydrogen-bond donors (Lipinski definition) is 1. The summed E-state index contributed by atoms with van der Waals surface area (Å²) < 4.78 is 0. The monoisotopic (exact) mass is 571 g/mol. The van der Waals surface area contributed by atoms with E-state index in [9.17, 15) is 10.1 Å². The molecule has 0 amide bonds. The van der Waals surface area contributed by atoms with Crippen molar-refractivity contribution in [1.82, 2.24) is 14.8 Å². The maximum absolute atomic E-state index is 13.3. The average Bonchev–Trinajstić information content (AvgIpc) is 3.60. The number of aromatic amines is 1. The van der Waals surface area contributed by atoms with Crippen molar-refractivity contribution < 1.29 is 4.79 Å². The number of nitrogens with one attached hydrogen (secondary N) is 1. The van der Waals surface area contributed by atoms with E-state index in [4.69, 9.17) is 0 Å². The Balaban J connectivity index is 0.892. The van der Waals surface area contributed by atoms with Crippen molar-refractivity contribution in [3.63, 3.8) is 0 Å². The summed E-state index contributed by atoms with van der Waals surface area (Å²) in [6, 6.07) is 25.5. The Bertz CT molecular complexity index is 1620. The highest BCUT2D eigenvalue weighted by atomic mass is 16.1. The minimum atomic E-state index is 0.154. The van der Waals surface area contributed by atoms with Gasteiger partial charge in [-0.25, -0.2) is 0 Å². The molecule has 3 aromatic carbocycles. The number of anilines is 1. The summed E-state index contributed by atoms with van der Waals surface area (Å²) in [5, 5.41) is 10.4. The first-order valence-corrected chi connectivity index (χ1v) is 16.0. The Morgan fingerprint density at radius 3 is 2.49 bits per heavy atom. The zero-order valence-corrected chi connectivity index (χ0v) is 25.0. The van der Waals surface area contributed by atoms with E-state index in [1.165, 1.54) is 35.2 Å². The second kappa shape index (κ2) is 12.4. The SMILES string of the molecule is N#Cc1ccc2[nH]cc(CCN3CCN(c4ccc5c(c4)CC(CC4CCN(Cc6ccccc6)CC4)C5=O)CC3)c2c1. The molecule has 6 nitrogen and oxygen atoms in total. The summed E-state index contributed by atoms with van der Waals surface area (Å²) in [5.74, 6) is 1.18. The van der Waals surface area contributed by atoms with Gasteiger partial charge in [-0.2, -0.15) is 5.26 Å². The number of rotatable bonds is 8. The van der Waals surface area contributed by atoms with Gasteiger partial charge in [0, 0.05) is 73.5 Å². The summed E-state index contributed by atoms with van der Waals surface area (Å²) in [7, 11) is 0. The first-order chi connectivity index (χ1) is 21.1. The van der Waals surface area contributed by atoms with Crippen LogP contribution in [0.1, 0.15) is 51.9 Å². The Kier molecular flexibility index (Phi) is 8.02. The number of hydrogen-bond acceptors (Lipinski definition) is 5. The molecule has 2 aliphatic heterocycles. The number of carbonyl (C=O) groups is 1. The number of aromatic nitrogens is 1. The fourth-order valence-electron chi connectivity index (χ4n) is 7.54. The third kappa shape index (κ3) is 6.11. The van der Waals surface area contributed by atoms with Crippen molar-refractivity contribution in [3.05, 3.63) is 101 Å². The van der Waals surface area contributed by atoms with Gasteiger partial charge >= 0.3 is 0 Å². The Morgan fingerprint density at radius 1 is 0.884 bits per heavy atom. The van der Waals surface area contributed by atoms with E-state index < -0.39 is 0 Å². The lowest BCUT2D eigenvalue weighted by atomic mass is 9.85. The predicted octanol–water partition coefficient (Wildman–Crippen LogP) is 6.06. The molecule has 220 valence electrons. The highest BCUT2D eigenvalue weighted by molar-refractivity contribution is 6.02. The van der Waals surface area contributed by atoms with Gasteiger partial charge in [0.25, 0.3) is 0 Å². The number of H-pyrrole nitrogens is 1. The molecule has 0 radical (unpaired) electrons. The molecular weight excluding hydrogens is 530 g/mol. The van der Waals surface area contributed by atoms with Crippen molar-refractivity contribution in [2.24, 2.45) is 11.8 Å². The van der Waals surface area contributed by atoms with Gasteiger partial charge in [-0.3, -0.25) is 14.6 Å². The number of Topliss-reactive ketones (excluding diaryl/α,β-unsaturated/α-hetero) is 1. The number of nitrogens with zero attached hydrogens (tertiary/aromatic N) is 4. The predicted molar refractivity (Wildman–Crippen MR) is 172 cm³/mol. The molecule has 1 aliphatic carbocycles. The number of nitriles is 1. The van der Waals surface area contributed by atoms with Crippen LogP contribution in [0.4, 0.5) is 5.69 Å². The van der Waals surface area contributed by atoms with E-state index in [1.54, 1.807) is 0 Å². The molecule has 1 aromatic heterocycles. The van der Waals surface area contributed by atoms with Gasteiger partial charge in [-0.1, -0.05) is 30.3 Å². The van der Waals surface area contributed by atoms with Crippen LogP contribution in [-0.4, -0.2) is 66.4 Å². The zero-order chi connectivity index (χ0) is 29.2. The molecule has 1 unspecified atom stereocenters. The molecule has 6 heteroatoms. The third-order valence-electron chi connectivity index (χ3n) is 10.1. The van der Waals surface area contributed by atoms with E-state index in [-0.39, 0.29) is 5.92 Å². The Morgan fingerprint density at radius 2 is 1.70 bits per heavy atom. The van der Waals surface area contributed by atoms with Crippen LogP contribution in [0.5, 0.6) is 0 Å². The van der Waals surface area contributed by atoms with Crippen molar-refractivity contribution in [1.29, 1.82) is 5.26 Å². The summed E-state index contributed by atoms with van der Waals surface area (Å²) in [6.07, 6.45) is 7.41. The number of piperidine rings is 1. The van der Waals surface area contributed by atoms with Gasteiger partial charge in [-0.05, 0) is 104 Å². The van der Waals surface area contributed by atoms with Gasteiger partial charge in [-0.15, -0.1) is 0 Å². The molecule has 1 N–H and O–H groups in total. The molecule has 7 rings (SSSR count). The minimum absolute atomic E-state index is 0.154. The lowest BCUT2D eigenvalue weighted by Crippen LogP contribution is -2.47. The number of ketones is 1. The van der Waals surface area contributed by atoms with Crippen LogP contribution in [-0.2, 0) is 19.4 Å². The van der Waals surface area contributed by atoms with Gasteiger partial charge < -0.3 is 9.88 Å². The first-order valence-electron chi connectivity index (χ1n) is 16.0. The molecule has 0 bridgehead atoms. The molecule has 0 saturated carbocycles. The Labute approximate surface area is 254 Å². The van der Waals surface area contributed by atoms with Crippen molar-refractivity contribution in [2.45, 2.75) is 38.6 Å². The fourth-order valence-corrected chi connectivity index (χ4v) is 7.54. The maximum Gasteiger partial charge on any atom is 0.166 e. The van der Waals surface area contributed by atoms with Gasteiger partial charge in [0.15, 0.2) is 5.78 Å². The molecule has 3 aliphatic rings. The molecule has 1 atom stereocenters. The lowest BCUT2D eigenvalue weighted by molar-refractivity contribution is 0.0895. The number of piperazine rings is 1. The van der Waals surface area contributed by atoms with Crippen LogP contribution in [0.2, 0.25) is 0 Å². The first kappa shape index (κ1) is 27.9. The topological polar surface area (TPSA) is 66.4 Å². The summed E-state index contributed by atoms with van der Waals surface area (Å²) in [5.41, 5.74) is 7.97. The van der Waals surface area contributed by atoms with E-state index in [1.807, 2.05) is 18.2 Å². The van der Waals surface area contributed by atoms with Crippen molar-refractivity contribution in [3.8, 4) is 6.07 Å². The molecule has 4 aromatic rings. The number of carbonyl (C=O) groups excluding carboxylic acids is 1. The van der Waals surface area contributed by atoms with Crippen LogP contribution >= 0.6 is 0 Å². The number of likely N-dealkylation sites (tertiary alicyclic amines) is 1. The quantitative estimate of drug-likeness (QED) is 0.279. The molecular formula is C37H41N5O. The van der Waals surface area contributed by atoms with E-state index in [0.29, 0.717) is 17.3 Å². The van der Waals surface area contributed by atoms with Crippen LogP contribution < -0.4 is 4.90 Å². The van der Waals surface area contributed by atoms with Crippen LogP contribution in [0.25, 0.3) is 10.9 Å². The second-order valence-corrected chi connectivity index (χ2v) is 12.8. The van der Waals surface area contributed by atoms with Crippen LogP contribution in [0.3, 0.4) is 0 Å². The average molecular weight is 572 g/mol. The molecule has 0 spiro atoms. The summed E-state index contributed by atoms with van der Waals surface area (Å²) in [6.45, 7) is 8.39. The van der Waals surface area contributed by atoms with Gasteiger partial charge in [0.1, 0.15) is 0 Å². The summed E-state index contributed by atoms with van der Waals surface area (Å²) in [4.78, 5) is 24.3. The standard InChI is InChI=1S/C37H41N5O/c38-24-29-6-9-36-35(21-29)30(25-39-36)12-15-40-16-18-42(19-17-40)33-7-8-34-31(23-33)22-32(37(34)43)20-27-10-13-41(14-11-27)26-28-4-2-1-3-5-28/h1-9,21,23,25,27,32,39H,10-20,22,26H2. The van der Waals surface area contributed by atoms with Crippen LogP contribution in [0.15, 0.2) is 72.9 Å².